The van der Waals surface area contributed by atoms with Gasteiger partial charge in [0.25, 0.3) is 5.91 Å². The molecule has 5 heteroatoms. The van der Waals surface area contributed by atoms with Crippen molar-refractivity contribution in [3.05, 3.63) is 0 Å². The van der Waals surface area contributed by atoms with Crippen molar-refractivity contribution < 1.29 is 19.6 Å². The standard InChI is InChI=1S/C13H24N2O3/c1-10(12(16)15-13(17)18-2)14-11-8-6-4-3-5-7-9-11/h10-11,14H,3-9H2,1-2H3,(H,15,16,17)/p+1/t10-/m1/s1. The van der Waals surface area contributed by atoms with E-state index >= 15 is 0 Å². The molecule has 0 spiro atoms. The number of imide groups is 1. The molecule has 0 saturated heterocycles. The van der Waals surface area contributed by atoms with E-state index in [-0.39, 0.29) is 11.9 Å². The number of carbonyl (C=O) groups excluding carboxylic acids is 2. The summed E-state index contributed by atoms with van der Waals surface area (Å²) in [4.78, 5) is 22.6. The molecule has 0 radical (unpaired) electrons. The summed E-state index contributed by atoms with van der Waals surface area (Å²) in [5.41, 5.74) is 0. The summed E-state index contributed by atoms with van der Waals surface area (Å²) in [6.07, 6.45) is 8.06. The van der Waals surface area contributed by atoms with Crippen LogP contribution in [0.25, 0.3) is 0 Å². The van der Waals surface area contributed by atoms with Gasteiger partial charge in [0.1, 0.15) is 0 Å². The van der Waals surface area contributed by atoms with E-state index in [0.29, 0.717) is 6.04 Å². The van der Waals surface area contributed by atoms with Crippen LogP contribution in [0.15, 0.2) is 0 Å². The Morgan fingerprint density at radius 3 is 2.28 bits per heavy atom. The van der Waals surface area contributed by atoms with Crippen LogP contribution in [0.5, 0.6) is 0 Å². The fourth-order valence-electron chi connectivity index (χ4n) is 2.44. The normalized spacial score (nSPS) is 19.4. The second kappa shape index (κ2) is 8.08. The first kappa shape index (κ1) is 15.0. The van der Waals surface area contributed by atoms with Crippen molar-refractivity contribution in [3.63, 3.8) is 0 Å². The lowest BCUT2D eigenvalue weighted by atomic mass is 9.96. The lowest BCUT2D eigenvalue weighted by molar-refractivity contribution is -0.708. The molecule has 0 unspecified atom stereocenters. The van der Waals surface area contributed by atoms with Crippen LogP contribution in [0.1, 0.15) is 51.9 Å². The van der Waals surface area contributed by atoms with Crippen LogP contribution in [-0.4, -0.2) is 31.2 Å². The molecule has 3 N–H and O–H groups in total. The Kier molecular flexibility index (Phi) is 6.72. The molecule has 1 aliphatic rings. The lowest BCUT2D eigenvalue weighted by Gasteiger charge is -2.21. The Morgan fingerprint density at radius 2 is 1.72 bits per heavy atom. The van der Waals surface area contributed by atoms with Gasteiger partial charge in [0, 0.05) is 0 Å². The molecular formula is C13H25N2O3+. The fourth-order valence-corrected chi connectivity index (χ4v) is 2.44. The average molecular weight is 257 g/mol. The molecule has 0 aromatic rings. The third kappa shape index (κ3) is 5.49. The molecule has 1 fully saturated rings. The van der Waals surface area contributed by atoms with Gasteiger partial charge in [0.15, 0.2) is 6.04 Å². The van der Waals surface area contributed by atoms with Gasteiger partial charge < -0.3 is 10.1 Å². The van der Waals surface area contributed by atoms with Crippen LogP contribution in [0, 0.1) is 0 Å². The predicted octanol–water partition coefficient (Wildman–Crippen LogP) is 0.934. The number of alkyl carbamates (subject to hydrolysis) is 1. The molecule has 2 amide bonds. The van der Waals surface area contributed by atoms with Crippen molar-refractivity contribution in [2.45, 2.75) is 64.0 Å². The Labute approximate surface area is 109 Å². The first-order valence-corrected chi connectivity index (χ1v) is 6.87. The van der Waals surface area contributed by atoms with Crippen LogP contribution < -0.4 is 10.6 Å². The molecule has 0 bridgehead atoms. The van der Waals surface area contributed by atoms with Crippen LogP contribution in [0.2, 0.25) is 0 Å². The van der Waals surface area contributed by atoms with Crippen LogP contribution >= 0.6 is 0 Å². The van der Waals surface area contributed by atoms with E-state index < -0.39 is 6.09 Å². The number of nitrogens with two attached hydrogens (primary N) is 1. The van der Waals surface area contributed by atoms with E-state index in [2.05, 4.69) is 15.4 Å². The van der Waals surface area contributed by atoms with Gasteiger partial charge in [-0.1, -0.05) is 19.3 Å². The van der Waals surface area contributed by atoms with E-state index in [9.17, 15) is 9.59 Å². The predicted molar refractivity (Wildman–Crippen MR) is 68.0 cm³/mol. The summed E-state index contributed by atoms with van der Waals surface area (Å²) in [7, 11) is 1.26. The lowest BCUT2D eigenvalue weighted by Crippen LogP contribution is -2.96. The minimum absolute atomic E-state index is 0.242. The molecule has 1 saturated carbocycles. The number of quaternary nitrogens is 1. The highest BCUT2D eigenvalue weighted by molar-refractivity contribution is 5.93. The van der Waals surface area contributed by atoms with Crippen molar-refractivity contribution in [3.8, 4) is 0 Å². The number of ether oxygens (including phenoxy) is 1. The van der Waals surface area contributed by atoms with Crippen molar-refractivity contribution in [2.24, 2.45) is 0 Å². The number of nitrogens with one attached hydrogen (secondary N) is 1. The van der Waals surface area contributed by atoms with E-state index in [1.165, 1.54) is 39.2 Å². The molecule has 104 valence electrons. The van der Waals surface area contributed by atoms with E-state index in [1.807, 2.05) is 6.92 Å². The molecule has 1 rings (SSSR count). The van der Waals surface area contributed by atoms with Gasteiger partial charge >= 0.3 is 6.09 Å². The third-order valence-corrected chi connectivity index (χ3v) is 3.53. The molecule has 1 atom stereocenters. The van der Waals surface area contributed by atoms with Gasteiger partial charge in [0.05, 0.1) is 13.2 Å². The van der Waals surface area contributed by atoms with Gasteiger partial charge in [-0.2, -0.15) is 0 Å². The number of hydrogen-bond donors (Lipinski definition) is 2. The minimum atomic E-state index is -0.682. The summed E-state index contributed by atoms with van der Waals surface area (Å²) >= 11 is 0. The smallest absolute Gasteiger partial charge is 0.413 e. The summed E-state index contributed by atoms with van der Waals surface area (Å²) in [5, 5.41) is 4.30. The Balaban J connectivity index is 2.34. The largest absolute Gasteiger partial charge is 0.453 e. The third-order valence-electron chi connectivity index (χ3n) is 3.53. The summed E-state index contributed by atoms with van der Waals surface area (Å²) < 4.78 is 4.41. The van der Waals surface area contributed by atoms with E-state index in [4.69, 9.17) is 0 Å². The second-order valence-electron chi connectivity index (χ2n) is 5.07. The van der Waals surface area contributed by atoms with E-state index in [0.717, 1.165) is 12.8 Å². The highest BCUT2D eigenvalue weighted by atomic mass is 16.5. The van der Waals surface area contributed by atoms with Crippen LogP contribution in [0.3, 0.4) is 0 Å². The maximum atomic E-state index is 11.7. The molecule has 5 nitrogen and oxygen atoms in total. The SMILES string of the molecule is COC(=O)NC(=O)[C@@H](C)[NH2+]C1CCCCCCC1. The Hall–Kier alpha value is -1.10. The van der Waals surface area contributed by atoms with Crippen molar-refractivity contribution in [2.75, 3.05) is 7.11 Å². The van der Waals surface area contributed by atoms with Gasteiger partial charge in [-0.15, -0.1) is 0 Å². The number of methoxy groups -OCH3 is 1. The Bertz CT molecular complexity index is 273. The number of carbonyl (C=O) groups is 2. The maximum absolute atomic E-state index is 11.7. The zero-order valence-electron chi connectivity index (χ0n) is 11.4. The molecular weight excluding hydrogens is 232 g/mol. The van der Waals surface area contributed by atoms with Crippen molar-refractivity contribution in [1.82, 2.24) is 5.32 Å². The van der Waals surface area contributed by atoms with Crippen LogP contribution in [0.4, 0.5) is 4.79 Å². The molecule has 1 aliphatic carbocycles. The molecule has 0 aliphatic heterocycles. The topological polar surface area (TPSA) is 72.0 Å². The second-order valence-corrected chi connectivity index (χ2v) is 5.07. The van der Waals surface area contributed by atoms with Gasteiger partial charge in [-0.05, 0) is 32.6 Å². The van der Waals surface area contributed by atoms with E-state index in [1.54, 1.807) is 0 Å². The van der Waals surface area contributed by atoms with Crippen LogP contribution in [-0.2, 0) is 9.53 Å². The summed E-state index contributed by atoms with van der Waals surface area (Å²) in [5.74, 6) is -0.274. The quantitative estimate of drug-likeness (QED) is 0.790. The number of rotatable bonds is 3. The molecule has 0 aromatic carbocycles. The van der Waals surface area contributed by atoms with Gasteiger partial charge in [-0.3, -0.25) is 10.1 Å². The fraction of sp³-hybridized carbons (Fsp3) is 0.846. The average Bonchev–Trinajstić information content (AvgIpc) is 2.31. The van der Waals surface area contributed by atoms with Crippen molar-refractivity contribution >= 4 is 12.0 Å². The maximum Gasteiger partial charge on any atom is 0.413 e. The minimum Gasteiger partial charge on any atom is -0.453 e. The molecule has 18 heavy (non-hydrogen) atoms. The molecule has 0 aromatic heterocycles. The van der Waals surface area contributed by atoms with Gasteiger partial charge in [0.2, 0.25) is 0 Å². The monoisotopic (exact) mass is 257 g/mol. The summed E-state index contributed by atoms with van der Waals surface area (Å²) in [6.45, 7) is 1.83. The van der Waals surface area contributed by atoms with Gasteiger partial charge in [-0.25, -0.2) is 4.79 Å². The zero-order valence-corrected chi connectivity index (χ0v) is 11.4. The van der Waals surface area contributed by atoms with Crippen molar-refractivity contribution in [1.29, 1.82) is 0 Å². The summed E-state index contributed by atoms with van der Waals surface area (Å²) in [6, 6.07) is 0.261. The first-order chi connectivity index (χ1) is 8.63. The first-order valence-electron chi connectivity index (χ1n) is 6.87. The highest BCUT2D eigenvalue weighted by Gasteiger charge is 2.23. The molecule has 0 heterocycles. The highest BCUT2D eigenvalue weighted by Crippen LogP contribution is 2.15. The number of amides is 2. The zero-order chi connectivity index (χ0) is 13.4. The number of hydrogen-bond acceptors (Lipinski definition) is 3. The Morgan fingerprint density at radius 1 is 1.17 bits per heavy atom.